The molecule has 0 aliphatic heterocycles. The van der Waals surface area contributed by atoms with E-state index < -0.39 is 0 Å². The molecule has 1 aromatic heterocycles. The van der Waals surface area contributed by atoms with E-state index in [-0.39, 0.29) is 11.9 Å². The Balaban J connectivity index is 1.89. The highest BCUT2D eigenvalue weighted by Gasteiger charge is 2.29. The number of furan rings is 1. The van der Waals surface area contributed by atoms with Crippen molar-refractivity contribution >= 4 is 17.6 Å². The summed E-state index contributed by atoms with van der Waals surface area (Å²) in [5.74, 6) is 0.883. The predicted octanol–water partition coefficient (Wildman–Crippen LogP) is 2.17. The lowest BCUT2D eigenvalue weighted by Crippen LogP contribution is -2.26. The number of hydrogen-bond acceptors (Lipinski definition) is 4. The van der Waals surface area contributed by atoms with Gasteiger partial charge in [0, 0.05) is 31.1 Å². The van der Waals surface area contributed by atoms with Crippen LogP contribution in [0.5, 0.6) is 0 Å². The Hall–Kier alpha value is -3.09. The zero-order chi connectivity index (χ0) is 18.7. The number of nitrogens with two attached hydrogens (primary N) is 2. The summed E-state index contributed by atoms with van der Waals surface area (Å²) in [5.41, 5.74) is 14.2. The van der Waals surface area contributed by atoms with Crippen LogP contribution in [-0.4, -0.2) is 29.5 Å². The molecule has 3 rings (SSSR count). The van der Waals surface area contributed by atoms with E-state index in [0.717, 1.165) is 47.4 Å². The van der Waals surface area contributed by atoms with Crippen molar-refractivity contribution in [1.82, 2.24) is 4.90 Å². The van der Waals surface area contributed by atoms with Crippen LogP contribution in [0.25, 0.3) is 0 Å². The van der Waals surface area contributed by atoms with Gasteiger partial charge in [0.15, 0.2) is 5.76 Å². The summed E-state index contributed by atoms with van der Waals surface area (Å²) in [6.45, 7) is 2.39. The second-order valence-corrected chi connectivity index (χ2v) is 6.43. The van der Waals surface area contributed by atoms with Gasteiger partial charge >= 0.3 is 0 Å². The standard InChI is InChI=1S/C19H23N5O2/c1-12-16-14(22-23-19(20)21)9-6-10-15(16)26-17(12)18(25)24(2)11-13-7-4-3-5-8-13/h3-5,7-8H,6,9-11H2,1-2H3,(H4,20,21,23)/b22-14+. The smallest absolute Gasteiger partial charge is 0.289 e. The van der Waals surface area contributed by atoms with E-state index in [4.69, 9.17) is 15.9 Å². The zero-order valence-electron chi connectivity index (χ0n) is 15.0. The zero-order valence-corrected chi connectivity index (χ0v) is 15.0. The maximum absolute atomic E-state index is 12.9. The van der Waals surface area contributed by atoms with Crippen LogP contribution in [0.3, 0.4) is 0 Å². The number of nitrogens with zero attached hydrogens (tertiary/aromatic N) is 3. The lowest BCUT2D eigenvalue weighted by atomic mass is 9.93. The molecule has 2 aromatic rings. The molecule has 7 heteroatoms. The molecule has 0 saturated carbocycles. The molecular formula is C19H23N5O2. The van der Waals surface area contributed by atoms with Crippen molar-refractivity contribution < 1.29 is 9.21 Å². The number of fused-ring (bicyclic) bond motifs is 1. The lowest BCUT2D eigenvalue weighted by molar-refractivity contribution is 0.0750. The average molecular weight is 353 g/mol. The van der Waals surface area contributed by atoms with Gasteiger partial charge in [-0.3, -0.25) is 4.79 Å². The molecule has 0 saturated heterocycles. The highest BCUT2D eigenvalue weighted by Crippen LogP contribution is 2.30. The van der Waals surface area contributed by atoms with Crippen molar-refractivity contribution in [3.05, 3.63) is 58.5 Å². The molecule has 0 atom stereocenters. The fraction of sp³-hybridized carbons (Fsp3) is 0.316. The molecule has 1 aromatic carbocycles. The van der Waals surface area contributed by atoms with E-state index in [1.54, 1.807) is 11.9 Å². The van der Waals surface area contributed by atoms with Crippen molar-refractivity contribution in [2.24, 2.45) is 21.7 Å². The maximum Gasteiger partial charge on any atom is 0.289 e. The van der Waals surface area contributed by atoms with Gasteiger partial charge in [-0.25, -0.2) is 0 Å². The molecule has 1 heterocycles. The summed E-state index contributed by atoms with van der Waals surface area (Å²) in [7, 11) is 1.77. The van der Waals surface area contributed by atoms with Gasteiger partial charge in [-0.1, -0.05) is 30.3 Å². The van der Waals surface area contributed by atoms with Crippen molar-refractivity contribution in [3.8, 4) is 0 Å². The molecule has 1 aliphatic rings. The molecule has 0 bridgehead atoms. The highest BCUT2D eigenvalue weighted by atomic mass is 16.4. The molecule has 136 valence electrons. The van der Waals surface area contributed by atoms with E-state index in [1.807, 2.05) is 37.3 Å². The largest absolute Gasteiger partial charge is 0.455 e. The van der Waals surface area contributed by atoms with Crippen LogP contribution in [0.2, 0.25) is 0 Å². The summed E-state index contributed by atoms with van der Waals surface area (Å²) in [6.07, 6.45) is 2.40. The topological polar surface area (TPSA) is 110 Å². The van der Waals surface area contributed by atoms with Crippen LogP contribution in [-0.2, 0) is 13.0 Å². The Morgan fingerprint density at radius 3 is 2.65 bits per heavy atom. The number of guanidine groups is 1. The first kappa shape index (κ1) is 17.7. The minimum Gasteiger partial charge on any atom is -0.455 e. The third-order valence-corrected chi connectivity index (χ3v) is 4.42. The summed E-state index contributed by atoms with van der Waals surface area (Å²) >= 11 is 0. The van der Waals surface area contributed by atoms with Crippen molar-refractivity contribution in [2.75, 3.05) is 7.05 Å². The van der Waals surface area contributed by atoms with Crippen LogP contribution in [0.1, 0.15) is 45.8 Å². The maximum atomic E-state index is 12.9. The van der Waals surface area contributed by atoms with E-state index in [2.05, 4.69) is 10.2 Å². The predicted molar refractivity (Wildman–Crippen MR) is 101 cm³/mol. The van der Waals surface area contributed by atoms with E-state index in [9.17, 15) is 4.79 Å². The average Bonchev–Trinajstić information content (AvgIpc) is 2.97. The van der Waals surface area contributed by atoms with E-state index >= 15 is 0 Å². The second kappa shape index (κ2) is 7.43. The van der Waals surface area contributed by atoms with E-state index in [0.29, 0.717) is 12.3 Å². The molecular weight excluding hydrogens is 330 g/mol. The molecule has 26 heavy (non-hydrogen) atoms. The fourth-order valence-corrected chi connectivity index (χ4v) is 3.19. The molecule has 1 amide bonds. The normalized spacial score (nSPS) is 14.8. The quantitative estimate of drug-likeness (QED) is 0.498. The third-order valence-electron chi connectivity index (χ3n) is 4.42. The summed E-state index contributed by atoms with van der Waals surface area (Å²) < 4.78 is 5.91. The first-order valence-electron chi connectivity index (χ1n) is 8.55. The Morgan fingerprint density at radius 2 is 1.96 bits per heavy atom. The third kappa shape index (κ3) is 3.61. The van der Waals surface area contributed by atoms with Crippen LogP contribution >= 0.6 is 0 Å². The minimum absolute atomic E-state index is 0.0929. The van der Waals surface area contributed by atoms with Gasteiger partial charge in [-0.2, -0.15) is 5.10 Å². The monoisotopic (exact) mass is 353 g/mol. The number of benzene rings is 1. The number of carbonyl (C=O) groups is 1. The van der Waals surface area contributed by atoms with Gasteiger partial charge in [-0.05, 0) is 25.3 Å². The van der Waals surface area contributed by atoms with Crippen LogP contribution < -0.4 is 11.5 Å². The van der Waals surface area contributed by atoms with Crippen molar-refractivity contribution in [3.63, 3.8) is 0 Å². The number of carbonyl (C=O) groups excluding carboxylic acids is 1. The molecule has 0 spiro atoms. The minimum atomic E-state index is -0.151. The first-order valence-corrected chi connectivity index (χ1v) is 8.55. The molecule has 1 aliphatic carbocycles. The second-order valence-electron chi connectivity index (χ2n) is 6.43. The fourth-order valence-electron chi connectivity index (χ4n) is 3.19. The summed E-state index contributed by atoms with van der Waals surface area (Å²) in [6, 6.07) is 9.84. The van der Waals surface area contributed by atoms with Crippen LogP contribution in [0.4, 0.5) is 0 Å². The Bertz CT molecular complexity index is 864. The van der Waals surface area contributed by atoms with Gasteiger partial charge in [0.2, 0.25) is 5.96 Å². The Kier molecular flexibility index (Phi) is 5.06. The van der Waals surface area contributed by atoms with Gasteiger partial charge in [-0.15, -0.1) is 5.10 Å². The molecule has 7 nitrogen and oxygen atoms in total. The van der Waals surface area contributed by atoms with Gasteiger partial charge in [0.1, 0.15) is 5.76 Å². The van der Waals surface area contributed by atoms with Crippen LogP contribution in [0.15, 0.2) is 45.0 Å². The number of aryl methyl sites for hydroxylation is 1. The Morgan fingerprint density at radius 1 is 1.23 bits per heavy atom. The molecule has 4 N–H and O–H groups in total. The molecule has 0 unspecified atom stereocenters. The Labute approximate surface area is 152 Å². The van der Waals surface area contributed by atoms with Gasteiger partial charge < -0.3 is 20.8 Å². The van der Waals surface area contributed by atoms with Crippen molar-refractivity contribution in [2.45, 2.75) is 32.7 Å². The first-order chi connectivity index (χ1) is 12.5. The highest BCUT2D eigenvalue weighted by molar-refractivity contribution is 6.06. The van der Waals surface area contributed by atoms with Gasteiger partial charge in [0.05, 0.1) is 5.71 Å². The SMILES string of the molecule is Cc1c(C(=O)N(C)Cc2ccccc2)oc2c1/C(=N/N=C(N)N)CCC2. The van der Waals surface area contributed by atoms with E-state index in [1.165, 1.54) is 0 Å². The molecule has 0 fully saturated rings. The lowest BCUT2D eigenvalue weighted by Gasteiger charge is -2.16. The van der Waals surface area contributed by atoms with Crippen LogP contribution in [0, 0.1) is 6.92 Å². The number of hydrogen-bond donors (Lipinski definition) is 2. The summed E-state index contributed by atoms with van der Waals surface area (Å²) in [5, 5.41) is 7.90. The van der Waals surface area contributed by atoms with Gasteiger partial charge in [0.25, 0.3) is 5.91 Å². The van der Waals surface area contributed by atoms with Crippen molar-refractivity contribution in [1.29, 1.82) is 0 Å². The molecule has 0 radical (unpaired) electrons. The summed E-state index contributed by atoms with van der Waals surface area (Å²) in [4.78, 5) is 14.5. The number of rotatable bonds is 4. The number of amides is 1.